The van der Waals surface area contributed by atoms with Gasteiger partial charge in [-0.2, -0.15) is 0 Å². The lowest BCUT2D eigenvalue weighted by Crippen LogP contribution is -2.35. The highest BCUT2D eigenvalue weighted by atomic mass is 16.5. The second-order valence-electron chi connectivity index (χ2n) is 6.47. The van der Waals surface area contributed by atoms with Crippen LogP contribution in [0.2, 0.25) is 0 Å². The molecule has 0 saturated carbocycles. The zero-order valence-corrected chi connectivity index (χ0v) is 15.3. The lowest BCUT2D eigenvalue weighted by molar-refractivity contribution is -0.159. The molecule has 144 valence electrons. The van der Waals surface area contributed by atoms with E-state index in [-0.39, 0.29) is 5.78 Å². The summed E-state index contributed by atoms with van der Waals surface area (Å²) in [6.45, 7) is 8.13. The molecule has 1 aromatic rings. The fourth-order valence-electron chi connectivity index (χ4n) is 2.66. The molecule has 1 fully saturated rings. The van der Waals surface area contributed by atoms with Crippen molar-refractivity contribution in [3.8, 4) is 5.75 Å². The summed E-state index contributed by atoms with van der Waals surface area (Å²) in [6.07, 6.45) is 4.05. The highest BCUT2D eigenvalue weighted by Gasteiger charge is 2.13. The fourth-order valence-corrected chi connectivity index (χ4v) is 2.66. The number of Topliss-reactive ketones (excluding diaryl/α,β-unsaturated/α-hetero) is 1. The first-order chi connectivity index (χ1) is 12.3. The van der Waals surface area contributed by atoms with Crippen molar-refractivity contribution in [2.75, 3.05) is 26.2 Å². The van der Waals surface area contributed by atoms with Gasteiger partial charge in [-0.15, -0.1) is 0 Å². The van der Waals surface area contributed by atoms with Gasteiger partial charge in [0, 0.05) is 18.0 Å². The summed E-state index contributed by atoms with van der Waals surface area (Å²) in [5.74, 6) is -2.18. The van der Waals surface area contributed by atoms with E-state index in [9.17, 15) is 4.79 Å². The molecule has 0 bridgehead atoms. The van der Waals surface area contributed by atoms with Crippen molar-refractivity contribution >= 4 is 17.7 Å². The number of rotatable bonds is 6. The van der Waals surface area contributed by atoms with Crippen LogP contribution in [0.15, 0.2) is 24.3 Å². The van der Waals surface area contributed by atoms with Gasteiger partial charge in [-0.1, -0.05) is 13.3 Å². The van der Waals surface area contributed by atoms with Gasteiger partial charge in [-0.25, -0.2) is 9.59 Å². The van der Waals surface area contributed by atoms with E-state index in [2.05, 4.69) is 11.8 Å². The molecule has 0 aromatic heterocycles. The molecule has 1 aliphatic rings. The summed E-state index contributed by atoms with van der Waals surface area (Å²) >= 11 is 0. The van der Waals surface area contributed by atoms with Crippen LogP contribution in [-0.2, 0) is 9.59 Å². The van der Waals surface area contributed by atoms with Gasteiger partial charge >= 0.3 is 11.9 Å². The third kappa shape index (κ3) is 8.62. The summed E-state index contributed by atoms with van der Waals surface area (Å²) in [7, 11) is 0. The second-order valence-corrected chi connectivity index (χ2v) is 6.47. The minimum absolute atomic E-state index is 0.0926. The molecule has 1 heterocycles. The Morgan fingerprint density at radius 1 is 1.04 bits per heavy atom. The molecular weight excluding hydrogens is 338 g/mol. The molecule has 0 radical (unpaired) electrons. The van der Waals surface area contributed by atoms with Gasteiger partial charge in [-0.3, -0.25) is 4.79 Å². The SMILES string of the molecule is CC(=O)c1ccc(OCC(C)CN2CCCCC2)cc1.O=C(O)C(=O)O. The Labute approximate surface area is 153 Å². The lowest BCUT2D eigenvalue weighted by Gasteiger charge is -2.29. The van der Waals surface area contributed by atoms with Gasteiger partial charge in [0.15, 0.2) is 5.78 Å². The average Bonchev–Trinajstić information content (AvgIpc) is 2.61. The van der Waals surface area contributed by atoms with E-state index in [0.717, 1.165) is 24.5 Å². The van der Waals surface area contributed by atoms with Crippen LogP contribution in [0.4, 0.5) is 0 Å². The van der Waals surface area contributed by atoms with Crippen molar-refractivity contribution in [2.24, 2.45) is 5.92 Å². The minimum Gasteiger partial charge on any atom is -0.493 e. The topological polar surface area (TPSA) is 104 Å². The van der Waals surface area contributed by atoms with E-state index in [1.165, 1.54) is 32.4 Å². The normalized spacial score (nSPS) is 15.3. The average molecular weight is 365 g/mol. The number of hydrogen-bond donors (Lipinski definition) is 2. The molecule has 0 aliphatic carbocycles. The van der Waals surface area contributed by atoms with Crippen LogP contribution in [0.1, 0.15) is 43.5 Å². The molecule has 1 saturated heterocycles. The van der Waals surface area contributed by atoms with Crippen LogP contribution in [0.25, 0.3) is 0 Å². The van der Waals surface area contributed by atoms with Gasteiger partial charge in [-0.05, 0) is 57.1 Å². The summed E-state index contributed by atoms with van der Waals surface area (Å²) in [4.78, 5) is 31.9. The predicted molar refractivity (Wildman–Crippen MR) is 96.7 cm³/mol. The molecule has 1 aromatic carbocycles. The molecular formula is C19H27NO6. The molecule has 1 unspecified atom stereocenters. The first-order valence-electron chi connectivity index (χ1n) is 8.72. The highest BCUT2D eigenvalue weighted by Crippen LogP contribution is 2.15. The Bertz CT molecular complexity index is 581. The van der Waals surface area contributed by atoms with Crippen molar-refractivity contribution in [3.05, 3.63) is 29.8 Å². The Morgan fingerprint density at radius 3 is 2.04 bits per heavy atom. The van der Waals surface area contributed by atoms with E-state index in [0.29, 0.717) is 5.92 Å². The van der Waals surface area contributed by atoms with Crippen molar-refractivity contribution in [1.29, 1.82) is 0 Å². The van der Waals surface area contributed by atoms with E-state index in [1.807, 2.05) is 24.3 Å². The quantitative estimate of drug-likeness (QED) is 0.590. The van der Waals surface area contributed by atoms with Crippen LogP contribution in [-0.4, -0.2) is 59.1 Å². The fraction of sp³-hybridized carbons (Fsp3) is 0.526. The number of aliphatic carboxylic acids is 2. The Kier molecular flexibility index (Phi) is 9.36. The molecule has 26 heavy (non-hydrogen) atoms. The van der Waals surface area contributed by atoms with Crippen molar-refractivity contribution in [2.45, 2.75) is 33.1 Å². The third-order valence-corrected chi connectivity index (χ3v) is 4.00. The van der Waals surface area contributed by atoms with Crippen LogP contribution in [0, 0.1) is 5.92 Å². The zero-order chi connectivity index (χ0) is 19.5. The Hall–Kier alpha value is -2.41. The maximum atomic E-state index is 11.2. The van der Waals surface area contributed by atoms with Crippen LogP contribution in [0.5, 0.6) is 5.75 Å². The molecule has 1 aliphatic heterocycles. The van der Waals surface area contributed by atoms with Crippen LogP contribution < -0.4 is 4.74 Å². The van der Waals surface area contributed by atoms with Gasteiger partial charge in [0.25, 0.3) is 0 Å². The summed E-state index contributed by atoms with van der Waals surface area (Å²) in [5, 5.41) is 14.8. The Balaban J connectivity index is 0.000000487. The van der Waals surface area contributed by atoms with Gasteiger partial charge in [0.2, 0.25) is 0 Å². The van der Waals surface area contributed by atoms with Gasteiger partial charge in [0.1, 0.15) is 5.75 Å². The molecule has 2 rings (SSSR count). The standard InChI is InChI=1S/C17H25NO2.C2H2O4/c1-14(12-18-10-4-3-5-11-18)13-20-17-8-6-16(7-9-17)15(2)19;3-1(4)2(5)6/h6-9,14H,3-5,10-13H2,1-2H3;(H,3,4)(H,5,6). The van der Waals surface area contributed by atoms with Crippen molar-refractivity contribution < 1.29 is 29.3 Å². The number of carboxylic acid groups (broad SMARTS) is 2. The molecule has 0 spiro atoms. The zero-order valence-electron chi connectivity index (χ0n) is 15.3. The number of ketones is 1. The van der Waals surface area contributed by atoms with Crippen LogP contribution >= 0.6 is 0 Å². The van der Waals surface area contributed by atoms with E-state index in [4.69, 9.17) is 24.5 Å². The summed E-state index contributed by atoms with van der Waals surface area (Å²) in [6, 6.07) is 7.41. The van der Waals surface area contributed by atoms with Crippen LogP contribution in [0.3, 0.4) is 0 Å². The van der Waals surface area contributed by atoms with E-state index < -0.39 is 11.9 Å². The summed E-state index contributed by atoms with van der Waals surface area (Å²) in [5.41, 5.74) is 0.735. The molecule has 2 N–H and O–H groups in total. The van der Waals surface area contributed by atoms with Gasteiger partial charge < -0.3 is 19.8 Å². The number of carboxylic acids is 2. The first kappa shape index (κ1) is 21.6. The van der Waals surface area contributed by atoms with Gasteiger partial charge in [0.05, 0.1) is 6.61 Å². The number of likely N-dealkylation sites (tertiary alicyclic amines) is 1. The maximum absolute atomic E-state index is 11.2. The van der Waals surface area contributed by atoms with Crippen molar-refractivity contribution in [3.63, 3.8) is 0 Å². The predicted octanol–water partition coefficient (Wildman–Crippen LogP) is 2.55. The van der Waals surface area contributed by atoms with E-state index in [1.54, 1.807) is 6.92 Å². The Morgan fingerprint density at radius 2 is 1.58 bits per heavy atom. The monoisotopic (exact) mass is 365 g/mol. The first-order valence-corrected chi connectivity index (χ1v) is 8.72. The number of carbonyl (C=O) groups excluding carboxylic acids is 1. The maximum Gasteiger partial charge on any atom is 0.414 e. The number of piperidine rings is 1. The number of nitrogens with zero attached hydrogens (tertiary/aromatic N) is 1. The number of ether oxygens (including phenoxy) is 1. The lowest BCUT2D eigenvalue weighted by atomic mass is 10.1. The van der Waals surface area contributed by atoms with Crippen molar-refractivity contribution in [1.82, 2.24) is 4.90 Å². The van der Waals surface area contributed by atoms with E-state index >= 15 is 0 Å². The number of benzene rings is 1. The molecule has 7 heteroatoms. The molecule has 7 nitrogen and oxygen atoms in total. The molecule has 1 atom stereocenters. The second kappa shape index (κ2) is 11.3. The number of carbonyl (C=O) groups is 3. The summed E-state index contributed by atoms with van der Waals surface area (Å²) < 4.78 is 5.81. The number of hydrogen-bond acceptors (Lipinski definition) is 5. The highest BCUT2D eigenvalue weighted by molar-refractivity contribution is 6.27. The smallest absolute Gasteiger partial charge is 0.414 e. The molecule has 0 amide bonds. The largest absolute Gasteiger partial charge is 0.493 e. The minimum atomic E-state index is -1.82. The third-order valence-electron chi connectivity index (χ3n) is 4.00.